The fraction of sp³-hybridized carbons (Fsp3) is 0.304. The maximum absolute atomic E-state index is 5.33. The van der Waals surface area contributed by atoms with Crippen LogP contribution in [-0.2, 0) is 13.1 Å². The molecule has 0 aliphatic carbocycles. The number of benzene rings is 2. The van der Waals surface area contributed by atoms with E-state index in [0.717, 1.165) is 39.9 Å². The Morgan fingerprint density at radius 2 is 1.79 bits per heavy atom. The van der Waals surface area contributed by atoms with Crippen LogP contribution < -0.4 is 15.4 Å². The maximum atomic E-state index is 5.33. The summed E-state index contributed by atoms with van der Waals surface area (Å²) in [6.07, 6.45) is 0. The van der Waals surface area contributed by atoms with Crippen LogP contribution >= 0.6 is 0 Å². The number of aliphatic imine (C=N–C) groups is 1. The van der Waals surface area contributed by atoms with Crippen molar-refractivity contribution in [1.29, 1.82) is 0 Å². The number of aromatic nitrogens is 2. The summed E-state index contributed by atoms with van der Waals surface area (Å²) >= 11 is 0. The van der Waals surface area contributed by atoms with E-state index in [4.69, 9.17) is 4.74 Å². The quantitative estimate of drug-likeness (QED) is 0.497. The molecular formula is C23H29N5O. The molecule has 0 fully saturated rings. The van der Waals surface area contributed by atoms with E-state index in [2.05, 4.69) is 58.0 Å². The molecule has 0 saturated heterocycles. The number of para-hydroxylation sites is 1. The van der Waals surface area contributed by atoms with Gasteiger partial charge in [-0.05, 0) is 55.7 Å². The second kappa shape index (κ2) is 9.28. The first-order valence-electron chi connectivity index (χ1n) is 9.71. The van der Waals surface area contributed by atoms with Gasteiger partial charge in [-0.3, -0.25) is 4.99 Å². The summed E-state index contributed by atoms with van der Waals surface area (Å²) in [5.74, 6) is 1.65. The Balaban J connectivity index is 1.66. The van der Waals surface area contributed by atoms with Crippen LogP contribution in [0.1, 0.15) is 28.1 Å². The predicted molar refractivity (Wildman–Crippen MR) is 118 cm³/mol. The van der Waals surface area contributed by atoms with E-state index in [0.29, 0.717) is 13.1 Å². The maximum Gasteiger partial charge on any atom is 0.191 e. The van der Waals surface area contributed by atoms with Crippen LogP contribution in [0.5, 0.6) is 5.75 Å². The van der Waals surface area contributed by atoms with Crippen LogP contribution in [0.15, 0.2) is 53.5 Å². The van der Waals surface area contributed by atoms with E-state index in [-0.39, 0.29) is 0 Å². The van der Waals surface area contributed by atoms with E-state index < -0.39 is 0 Å². The van der Waals surface area contributed by atoms with Gasteiger partial charge in [0.1, 0.15) is 5.75 Å². The molecule has 0 bridgehead atoms. The van der Waals surface area contributed by atoms with Gasteiger partial charge in [-0.25, -0.2) is 4.68 Å². The van der Waals surface area contributed by atoms with Crippen molar-refractivity contribution in [3.05, 3.63) is 76.6 Å². The lowest BCUT2D eigenvalue weighted by Crippen LogP contribution is -2.36. The van der Waals surface area contributed by atoms with Gasteiger partial charge in [-0.2, -0.15) is 5.10 Å². The van der Waals surface area contributed by atoms with Gasteiger partial charge in [-0.1, -0.05) is 30.3 Å². The zero-order valence-corrected chi connectivity index (χ0v) is 17.8. The van der Waals surface area contributed by atoms with E-state index in [1.54, 1.807) is 14.2 Å². The number of hydrogen-bond acceptors (Lipinski definition) is 3. The van der Waals surface area contributed by atoms with Crippen molar-refractivity contribution in [2.45, 2.75) is 33.9 Å². The summed E-state index contributed by atoms with van der Waals surface area (Å²) in [7, 11) is 3.47. The molecule has 2 aromatic carbocycles. The lowest BCUT2D eigenvalue weighted by Gasteiger charge is -2.15. The molecule has 6 heteroatoms. The fourth-order valence-corrected chi connectivity index (χ4v) is 3.38. The second-order valence-electron chi connectivity index (χ2n) is 7.05. The Hall–Kier alpha value is -3.28. The molecule has 0 radical (unpaired) electrons. The molecule has 0 atom stereocenters. The van der Waals surface area contributed by atoms with Gasteiger partial charge in [0.25, 0.3) is 0 Å². The average Bonchev–Trinajstić information content (AvgIpc) is 3.06. The van der Waals surface area contributed by atoms with Crippen LogP contribution in [0.3, 0.4) is 0 Å². The molecule has 0 saturated carbocycles. The van der Waals surface area contributed by atoms with Crippen LogP contribution in [0, 0.1) is 20.8 Å². The molecular weight excluding hydrogens is 362 g/mol. The average molecular weight is 392 g/mol. The Labute approximate surface area is 172 Å². The van der Waals surface area contributed by atoms with Crippen LogP contribution in [-0.4, -0.2) is 29.9 Å². The number of rotatable bonds is 6. The molecule has 0 unspecified atom stereocenters. The third-order valence-corrected chi connectivity index (χ3v) is 4.82. The first kappa shape index (κ1) is 20.5. The minimum absolute atomic E-state index is 0.649. The van der Waals surface area contributed by atoms with Crippen LogP contribution in [0.2, 0.25) is 0 Å². The number of guanidine groups is 1. The highest BCUT2D eigenvalue weighted by Crippen LogP contribution is 2.19. The molecule has 2 N–H and O–H groups in total. The molecule has 29 heavy (non-hydrogen) atoms. The highest BCUT2D eigenvalue weighted by atomic mass is 16.5. The monoisotopic (exact) mass is 391 g/mol. The fourth-order valence-electron chi connectivity index (χ4n) is 3.38. The largest absolute Gasteiger partial charge is 0.496 e. The molecule has 1 heterocycles. The highest BCUT2D eigenvalue weighted by Gasteiger charge is 2.09. The molecule has 6 nitrogen and oxygen atoms in total. The van der Waals surface area contributed by atoms with Crippen molar-refractivity contribution < 1.29 is 4.74 Å². The SMILES string of the molecule is CN=C(NCc1ccc(OC)c(C)c1)NCc1ccccc1-n1nc(C)cc1C. The normalized spacial score (nSPS) is 11.4. The van der Waals surface area contributed by atoms with Gasteiger partial charge in [0.15, 0.2) is 5.96 Å². The van der Waals surface area contributed by atoms with Crippen LogP contribution in [0.4, 0.5) is 0 Å². The van der Waals surface area contributed by atoms with Gasteiger partial charge < -0.3 is 15.4 Å². The Bertz CT molecular complexity index is 1010. The number of nitrogens with zero attached hydrogens (tertiary/aromatic N) is 3. The summed E-state index contributed by atoms with van der Waals surface area (Å²) in [6, 6.07) is 16.5. The number of aryl methyl sites for hydroxylation is 3. The Kier molecular flexibility index (Phi) is 6.54. The standard InChI is InChI=1S/C23H29N5O/c1-16-12-19(10-11-22(16)29-5)14-25-23(24-4)26-15-20-8-6-7-9-21(20)28-18(3)13-17(2)27-28/h6-13H,14-15H2,1-5H3,(H2,24,25,26). The third kappa shape index (κ3) is 4.96. The lowest BCUT2D eigenvalue weighted by atomic mass is 10.1. The first-order valence-corrected chi connectivity index (χ1v) is 9.71. The smallest absolute Gasteiger partial charge is 0.191 e. The van der Waals surface area contributed by atoms with E-state index >= 15 is 0 Å². The molecule has 0 amide bonds. The third-order valence-electron chi connectivity index (χ3n) is 4.82. The van der Waals surface area contributed by atoms with Crippen LogP contribution in [0.25, 0.3) is 5.69 Å². The number of methoxy groups -OCH3 is 1. The summed E-state index contributed by atoms with van der Waals surface area (Å²) in [6.45, 7) is 7.46. The van der Waals surface area contributed by atoms with Gasteiger partial charge in [0.05, 0.1) is 18.5 Å². The second-order valence-corrected chi connectivity index (χ2v) is 7.05. The number of ether oxygens (including phenoxy) is 1. The topological polar surface area (TPSA) is 63.5 Å². The molecule has 3 aromatic rings. The Morgan fingerprint density at radius 1 is 1.03 bits per heavy atom. The zero-order chi connectivity index (χ0) is 20.8. The van der Waals surface area contributed by atoms with Gasteiger partial charge in [0.2, 0.25) is 0 Å². The molecule has 152 valence electrons. The van der Waals surface area contributed by atoms with Crippen molar-refractivity contribution in [2.24, 2.45) is 4.99 Å². The Morgan fingerprint density at radius 3 is 2.45 bits per heavy atom. The summed E-state index contributed by atoms with van der Waals surface area (Å²) in [5, 5.41) is 11.4. The van der Waals surface area contributed by atoms with Crippen molar-refractivity contribution in [2.75, 3.05) is 14.2 Å². The van der Waals surface area contributed by atoms with E-state index in [1.807, 2.05) is 36.7 Å². The molecule has 0 aliphatic rings. The molecule has 1 aromatic heterocycles. The lowest BCUT2D eigenvalue weighted by molar-refractivity contribution is 0.411. The number of nitrogens with one attached hydrogen (secondary N) is 2. The highest BCUT2D eigenvalue weighted by molar-refractivity contribution is 5.79. The van der Waals surface area contributed by atoms with E-state index in [1.165, 1.54) is 5.56 Å². The first-order chi connectivity index (χ1) is 14.0. The van der Waals surface area contributed by atoms with Crippen molar-refractivity contribution in [1.82, 2.24) is 20.4 Å². The minimum Gasteiger partial charge on any atom is -0.496 e. The summed E-state index contributed by atoms with van der Waals surface area (Å²) < 4.78 is 7.32. The summed E-state index contributed by atoms with van der Waals surface area (Å²) in [4.78, 5) is 4.35. The molecule has 3 rings (SSSR count). The predicted octanol–water partition coefficient (Wildman–Crippen LogP) is 3.67. The number of hydrogen-bond donors (Lipinski definition) is 2. The van der Waals surface area contributed by atoms with Crippen molar-refractivity contribution >= 4 is 5.96 Å². The zero-order valence-electron chi connectivity index (χ0n) is 17.8. The minimum atomic E-state index is 0.649. The van der Waals surface area contributed by atoms with Crippen molar-refractivity contribution in [3.63, 3.8) is 0 Å². The van der Waals surface area contributed by atoms with Gasteiger partial charge in [-0.15, -0.1) is 0 Å². The van der Waals surface area contributed by atoms with Crippen molar-refractivity contribution in [3.8, 4) is 11.4 Å². The van der Waals surface area contributed by atoms with Gasteiger partial charge in [0, 0.05) is 25.8 Å². The van der Waals surface area contributed by atoms with Gasteiger partial charge >= 0.3 is 0 Å². The molecule has 0 spiro atoms. The molecule has 0 aliphatic heterocycles. The van der Waals surface area contributed by atoms with E-state index in [9.17, 15) is 0 Å². The summed E-state index contributed by atoms with van der Waals surface area (Å²) in [5.41, 5.74) is 6.65.